The molecule has 1 aromatic carbocycles. The van der Waals surface area contributed by atoms with E-state index in [0.717, 1.165) is 0 Å². The molecular formula is C11H10F2N2O. The highest BCUT2D eigenvalue weighted by molar-refractivity contribution is 6.04. The molecule has 2 aliphatic heterocycles. The van der Waals surface area contributed by atoms with Crippen LogP contribution < -0.4 is 10.2 Å². The van der Waals surface area contributed by atoms with E-state index in [4.69, 9.17) is 0 Å². The Hall–Kier alpha value is -1.65. The van der Waals surface area contributed by atoms with Gasteiger partial charge in [-0.2, -0.15) is 0 Å². The molecule has 0 bridgehead atoms. The second-order valence-electron chi connectivity index (χ2n) is 4.10. The Morgan fingerprint density at radius 2 is 2.12 bits per heavy atom. The number of benzene rings is 1. The number of hydrogen-bond donors (Lipinski definition) is 1. The number of para-hydroxylation sites is 2. The molecule has 1 saturated heterocycles. The summed E-state index contributed by atoms with van der Waals surface area (Å²) in [5.41, 5.74) is -0.345. The van der Waals surface area contributed by atoms with E-state index < -0.39 is 12.1 Å². The van der Waals surface area contributed by atoms with Crippen molar-refractivity contribution < 1.29 is 13.6 Å². The minimum absolute atomic E-state index is 0.151. The first-order valence-corrected chi connectivity index (χ1v) is 5.13. The first kappa shape index (κ1) is 9.57. The average Bonchev–Trinajstić information content (AvgIpc) is 2.75. The summed E-state index contributed by atoms with van der Waals surface area (Å²) in [5.74, 6) is -0.238. The maximum Gasteiger partial charge on any atom is 0.279 e. The predicted octanol–water partition coefficient (Wildman–Crippen LogP) is 2.20. The SMILES string of the molecule is O=C1CCC2(C(F)F)Nc3ccccc3N12. The fraction of sp³-hybridized carbons (Fsp3) is 0.364. The lowest BCUT2D eigenvalue weighted by molar-refractivity contribution is -0.117. The zero-order valence-electron chi connectivity index (χ0n) is 8.41. The first-order chi connectivity index (χ1) is 7.65. The maximum absolute atomic E-state index is 13.2. The Morgan fingerprint density at radius 1 is 1.38 bits per heavy atom. The van der Waals surface area contributed by atoms with Crippen LogP contribution in [0.1, 0.15) is 12.8 Å². The topological polar surface area (TPSA) is 32.3 Å². The molecule has 2 aliphatic rings. The standard InChI is InChI=1S/C11H10F2N2O/c12-10(13)11-6-5-9(16)15(11)8-4-2-1-3-7(8)14-11/h1-4,10,14H,5-6H2. The van der Waals surface area contributed by atoms with Crippen molar-refractivity contribution in [2.75, 3.05) is 10.2 Å². The van der Waals surface area contributed by atoms with E-state index in [1.165, 1.54) is 4.90 Å². The van der Waals surface area contributed by atoms with Gasteiger partial charge >= 0.3 is 0 Å². The summed E-state index contributed by atoms with van der Waals surface area (Å²) in [7, 11) is 0. The van der Waals surface area contributed by atoms with Gasteiger partial charge in [-0.1, -0.05) is 12.1 Å². The number of rotatable bonds is 1. The van der Waals surface area contributed by atoms with Crippen LogP contribution in [0.25, 0.3) is 0 Å². The Labute approximate surface area is 91.0 Å². The zero-order valence-corrected chi connectivity index (χ0v) is 8.41. The highest BCUT2D eigenvalue weighted by Crippen LogP contribution is 2.48. The third kappa shape index (κ3) is 0.977. The van der Waals surface area contributed by atoms with Gasteiger partial charge in [-0.25, -0.2) is 8.78 Å². The van der Waals surface area contributed by atoms with Crippen LogP contribution in [0.15, 0.2) is 24.3 Å². The second kappa shape index (κ2) is 2.93. The summed E-state index contributed by atoms with van der Waals surface area (Å²) < 4.78 is 26.3. The minimum atomic E-state index is -2.59. The summed E-state index contributed by atoms with van der Waals surface area (Å²) in [6.45, 7) is 0. The lowest BCUT2D eigenvalue weighted by Gasteiger charge is -2.31. The fourth-order valence-corrected chi connectivity index (χ4v) is 2.48. The van der Waals surface area contributed by atoms with E-state index in [-0.39, 0.29) is 18.7 Å². The molecule has 1 aromatic rings. The van der Waals surface area contributed by atoms with E-state index in [1.54, 1.807) is 24.3 Å². The number of alkyl halides is 2. The van der Waals surface area contributed by atoms with Crippen molar-refractivity contribution in [3.63, 3.8) is 0 Å². The lowest BCUT2D eigenvalue weighted by atomic mass is 10.1. The van der Waals surface area contributed by atoms with Crippen LogP contribution in [0.4, 0.5) is 20.2 Å². The van der Waals surface area contributed by atoms with Crippen LogP contribution in [-0.4, -0.2) is 18.0 Å². The van der Waals surface area contributed by atoms with E-state index >= 15 is 0 Å². The molecular weight excluding hydrogens is 214 g/mol. The summed E-state index contributed by atoms with van der Waals surface area (Å²) >= 11 is 0. The number of fused-ring (bicyclic) bond motifs is 3. The predicted molar refractivity (Wildman–Crippen MR) is 55.5 cm³/mol. The van der Waals surface area contributed by atoms with Crippen molar-refractivity contribution in [3.8, 4) is 0 Å². The van der Waals surface area contributed by atoms with Gasteiger partial charge in [0.1, 0.15) is 0 Å². The zero-order chi connectivity index (χ0) is 11.3. The largest absolute Gasteiger partial charge is 0.356 e. The molecule has 0 radical (unpaired) electrons. The Bertz CT molecular complexity index is 463. The molecule has 5 heteroatoms. The summed E-state index contributed by atoms with van der Waals surface area (Å²) in [6.07, 6.45) is -2.27. The third-order valence-corrected chi connectivity index (χ3v) is 3.23. The quantitative estimate of drug-likeness (QED) is 0.793. The number of anilines is 2. The molecule has 84 valence electrons. The molecule has 0 spiro atoms. The Kier molecular flexibility index (Phi) is 1.75. The number of nitrogens with one attached hydrogen (secondary N) is 1. The smallest absolute Gasteiger partial charge is 0.279 e. The lowest BCUT2D eigenvalue weighted by Crippen LogP contribution is -2.53. The minimum Gasteiger partial charge on any atom is -0.356 e. The van der Waals surface area contributed by atoms with Crippen LogP contribution in [0.3, 0.4) is 0 Å². The summed E-state index contributed by atoms with van der Waals surface area (Å²) in [6, 6.07) is 6.91. The molecule has 1 amide bonds. The van der Waals surface area contributed by atoms with Crippen LogP contribution in [0.5, 0.6) is 0 Å². The maximum atomic E-state index is 13.2. The summed E-state index contributed by atoms with van der Waals surface area (Å²) in [4.78, 5) is 12.9. The molecule has 1 unspecified atom stereocenters. The summed E-state index contributed by atoms with van der Waals surface area (Å²) in [5, 5.41) is 2.79. The van der Waals surface area contributed by atoms with Gasteiger partial charge in [0.15, 0.2) is 5.66 Å². The van der Waals surface area contributed by atoms with Crippen molar-refractivity contribution in [2.45, 2.75) is 24.9 Å². The van der Waals surface area contributed by atoms with Gasteiger partial charge in [0.05, 0.1) is 11.4 Å². The monoisotopic (exact) mass is 224 g/mol. The molecule has 16 heavy (non-hydrogen) atoms. The highest BCUT2D eigenvalue weighted by atomic mass is 19.3. The highest BCUT2D eigenvalue weighted by Gasteiger charge is 2.57. The molecule has 1 atom stereocenters. The number of nitrogens with zero attached hydrogens (tertiary/aromatic N) is 1. The van der Waals surface area contributed by atoms with Crippen LogP contribution in [0, 0.1) is 0 Å². The van der Waals surface area contributed by atoms with Gasteiger partial charge in [-0.15, -0.1) is 0 Å². The van der Waals surface area contributed by atoms with Crippen molar-refractivity contribution in [1.82, 2.24) is 0 Å². The molecule has 0 saturated carbocycles. The molecule has 3 nitrogen and oxygen atoms in total. The molecule has 2 heterocycles. The molecule has 3 rings (SSSR count). The van der Waals surface area contributed by atoms with Gasteiger partial charge in [-0.3, -0.25) is 9.69 Å². The van der Waals surface area contributed by atoms with Gasteiger partial charge in [0, 0.05) is 12.8 Å². The van der Waals surface area contributed by atoms with Gasteiger partial charge in [-0.05, 0) is 12.1 Å². The van der Waals surface area contributed by atoms with Gasteiger partial charge < -0.3 is 5.32 Å². The number of carbonyl (C=O) groups is 1. The van der Waals surface area contributed by atoms with E-state index in [0.29, 0.717) is 11.4 Å². The van der Waals surface area contributed by atoms with Crippen LogP contribution in [-0.2, 0) is 4.79 Å². The number of hydrogen-bond acceptors (Lipinski definition) is 2. The Balaban J connectivity index is 2.16. The number of halogens is 2. The second-order valence-corrected chi connectivity index (χ2v) is 4.10. The van der Waals surface area contributed by atoms with Crippen molar-refractivity contribution >= 4 is 17.3 Å². The van der Waals surface area contributed by atoms with E-state index in [9.17, 15) is 13.6 Å². The van der Waals surface area contributed by atoms with Gasteiger partial charge in [0.2, 0.25) is 5.91 Å². The van der Waals surface area contributed by atoms with Gasteiger partial charge in [0.25, 0.3) is 6.43 Å². The normalized spacial score (nSPS) is 26.9. The number of carbonyl (C=O) groups excluding carboxylic acids is 1. The van der Waals surface area contributed by atoms with Crippen molar-refractivity contribution in [1.29, 1.82) is 0 Å². The van der Waals surface area contributed by atoms with Crippen molar-refractivity contribution in [2.24, 2.45) is 0 Å². The Morgan fingerprint density at radius 3 is 2.88 bits per heavy atom. The van der Waals surface area contributed by atoms with Crippen LogP contribution >= 0.6 is 0 Å². The van der Waals surface area contributed by atoms with Crippen LogP contribution in [0.2, 0.25) is 0 Å². The van der Waals surface area contributed by atoms with E-state index in [1.807, 2.05) is 0 Å². The van der Waals surface area contributed by atoms with Crippen molar-refractivity contribution in [3.05, 3.63) is 24.3 Å². The number of amides is 1. The van der Waals surface area contributed by atoms with E-state index in [2.05, 4.69) is 5.32 Å². The molecule has 0 aromatic heterocycles. The fourth-order valence-electron chi connectivity index (χ4n) is 2.48. The third-order valence-electron chi connectivity index (χ3n) is 3.23. The molecule has 0 aliphatic carbocycles. The first-order valence-electron chi connectivity index (χ1n) is 5.13. The average molecular weight is 224 g/mol. The molecule has 1 fully saturated rings. The molecule has 1 N–H and O–H groups in total.